The van der Waals surface area contributed by atoms with Crippen molar-refractivity contribution < 1.29 is 24.0 Å². The Morgan fingerprint density at radius 1 is 0.893 bits per heavy atom. The molecule has 1 aliphatic heterocycles. The number of hydroxylamine groups is 2. The first-order valence-corrected chi connectivity index (χ1v) is 9.07. The average molecular weight is 392 g/mol. The number of benzene rings is 2. The van der Waals surface area contributed by atoms with Crippen LogP contribution in [0, 0.1) is 0 Å². The van der Waals surface area contributed by atoms with Crippen LogP contribution >= 0.6 is 11.3 Å². The van der Waals surface area contributed by atoms with Gasteiger partial charge in [0.15, 0.2) is 0 Å². The highest BCUT2D eigenvalue weighted by atomic mass is 32.1. The Bertz CT molecular complexity index is 1070. The van der Waals surface area contributed by atoms with Crippen LogP contribution in [0.2, 0.25) is 0 Å². The van der Waals surface area contributed by atoms with Gasteiger partial charge in [0.05, 0.1) is 21.6 Å². The maximum Gasteiger partial charge on any atom is 0.364 e. The van der Waals surface area contributed by atoms with Gasteiger partial charge in [0.1, 0.15) is 0 Å². The van der Waals surface area contributed by atoms with E-state index in [0.717, 1.165) is 0 Å². The molecule has 2 heterocycles. The molecule has 2 aromatic carbocycles. The van der Waals surface area contributed by atoms with E-state index in [1.165, 1.54) is 35.6 Å². The average Bonchev–Trinajstić information content (AvgIpc) is 3.33. The second kappa shape index (κ2) is 7.09. The zero-order chi connectivity index (χ0) is 19.7. The summed E-state index contributed by atoms with van der Waals surface area (Å²) in [5.41, 5.74) is 0.824. The van der Waals surface area contributed by atoms with Crippen molar-refractivity contribution >= 4 is 40.7 Å². The Balaban J connectivity index is 1.49. The number of carbonyl (C=O) groups excluding carboxylic acids is 4. The van der Waals surface area contributed by atoms with Crippen LogP contribution in [0.5, 0.6) is 0 Å². The molecular formula is C20H12N2O5S. The molecule has 0 fully saturated rings. The molecule has 28 heavy (non-hydrogen) atoms. The van der Waals surface area contributed by atoms with Crippen LogP contribution < -0.4 is 5.32 Å². The normalized spacial score (nSPS) is 12.6. The summed E-state index contributed by atoms with van der Waals surface area (Å²) in [6.45, 7) is 0. The Kier molecular flexibility index (Phi) is 4.46. The molecule has 0 spiro atoms. The zero-order valence-corrected chi connectivity index (χ0v) is 15.1. The van der Waals surface area contributed by atoms with Crippen LogP contribution in [0.4, 0.5) is 5.69 Å². The van der Waals surface area contributed by atoms with Gasteiger partial charge < -0.3 is 10.2 Å². The van der Waals surface area contributed by atoms with Gasteiger partial charge in [-0.1, -0.05) is 29.3 Å². The van der Waals surface area contributed by atoms with Gasteiger partial charge in [-0.25, -0.2) is 4.79 Å². The number of imide groups is 1. The largest absolute Gasteiger partial charge is 0.364 e. The Morgan fingerprint density at radius 3 is 2.25 bits per heavy atom. The Morgan fingerprint density at radius 2 is 1.61 bits per heavy atom. The fraction of sp³-hybridized carbons (Fsp3) is 0. The second-order valence-electron chi connectivity index (χ2n) is 5.84. The monoisotopic (exact) mass is 392 g/mol. The van der Waals surface area contributed by atoms with E-state index in [2.05, 4.69) is 5.32 Å². The van der Waals surface area contributed by atoms with E-state index in [9.17, 15) is 19.2 Å². The maximum absolute atomic E-state index is 12.4. The van der Waals surface area contributed by atoms with Gasteiger partial charge in [-0.15, -0.1) is 11.3 Å². The maximum atomic E-state index is 12.4. The van der Waals surface area contributed by atoms with E-state index < -0.39 is 17.8 Å². The molecule has 1 aliphatic rings. The van der Waals surface area contributed by atoms with Gasteiger partial charge >= 0.3 is 5.97 Å². The highest BCUT2D eigenvalue weighted by Crippen LogP contribution is 2.24. The Labute approximate surface area is 163 Å². The second-order valence-corrected chi connectivity index (χ2v) is 6.79. The lowest BCUT2D eigenvalue weighted by molar-refractivity contribution is -0.0584. The SMILES string of the molecule is O=C(ON1C(=O)c2ccccc2C1=O)c1cccc(NC(=O)c2cccs2)c1. The molecule has 1 aromatic heterocycles. The standard InChI is InChI=1S/C20H12N2O5S/c23-17(16-9-4-10-28-16)21-13-6-3-5-12(11-13)20(26)27-22-18(24)14-7-1-2-8-15(14)19(22)25/h1-11H,(H,21,23). The van der Waals surface area contributed by atoms with Gasteiger partial charge in [-0.05, 0) is 41.8 Å². The molecule has 3 amide bonds. The van der Waals surface area contributed by atoms with E-state index in [1.807, 2.05) is 0 Å². The zero-order valence-electron chi connectivity index (χ0n) is 14.2. The van der Waals surface area contributed by atoms with Crippen molar-refractivity contribution in [2.24, 2.45) is 0 Å². The molecule has 3 aromatic rings. The first-order chi connectivity index (χ1) is 13.5. The number of fused-ring (bicyclic) bond motifs is 1. The first kappa shape index (κ1) is 17.6. The van der Waals surface area contributed by atoms with Crippen LogP contribution in [0.25, 0.3) is 0 Å². The smallest absolute Gasteiger partial charge is 0.324 e. The summed E-state index contributed by atoms with van der Waals surface area (Å²) in [5, 5.41) is 4.91. The van der Waals surface area contributed by atoms with Crippen molar-refractivity contribution in [3.8, 4) is 0 Å². The highest BCUT2D eigenvalue weighted by Gasteiger charge is 2.38. The van der Waals surface area contributed by atoms with Crippen molar-refractivity contribution in [1.82, 2.24) is 5.06 Å². The number of anilines is 1. The van der Waals surface area contributed by atoms with Crippen molar-refractivity contribution in [2.45, 2.75) is 0 Å². The fourth-order valence-electron chi connectivity index (χ4n) is 2.71. The third-order valence-electron chi connectivity index (χ3n) is 4.03. The van der Waals surface area contributed by atoms with Crippen molar-refractivity contribution in [3.05, 3.63) is 87.6 Å². The molecule has 8 heteroatoms. The predicted octanol–water partition coefficient (Wildman–Crippen LogP) is 3.37. The van der Waals surface area contributed by atoms with Gasteiger partial charge in [-0.2, -0.15) is 0 Å². The molecule has 0 unspecified atom stereocenters. The van der Waals surface area contributed by atoms with Crippen LogP contribution in [-0.4, -0.2) is 28.8 Å². The minimum atomic E-state index is -0.887. The molecule has 0 radical (unpaired) electrons. The number of nitrogens with zero attached hydrogens (tertiary/aromatic N) is 1. The molecule has 4 rings (SSSR count). The summed E-state index contributed by atoms with van der Waals surface area (Å²) in [5.74, 6) is -2.59. The van der Waals surface area contributed by atoms with Crippen LogP contribution in [0.15, 0.2) is 66.0 Å². The summed E-state index contributed by atoms with van der Waals surface area (Å²) in [4.78, 5) is 54.7. The summed E-state index contributed by atoms with van der Waals surface area (Å²) in [6.07, 6.45) is 0. The van der Waals surface area contributed by atoms with E-state index in [0.29, 0.717) is 15.6 Å². The fourth-order valence-corrected chi connectivity index (χ4v) is 3.33. The molecular weight excluding hydrogens is 380 g/mol. The van der Waals surface area contributed by atoms with E-state index >= 15 is 0 Å². The van der Waals surface area contributed by atoms with Crippen molar-refractivity contribution in [3.63, 3.8) is 0 Å². The number of amides is 3. The summed E-state index contributed by atoms with van der Waals surface area (Å²) in [6, 6.07) is 15.7. The van der Waals surface area contributed by atoms with Crippen molar-refractivity contribution in [2.75, 3.05) is 5.32 Å². The molecule has 0 atom stereocenters. The molecule has 0 saturated heterocycles. The van der Waals surface area contributed by atoms with Gasteiger partial charge in [0, 0.05) is 5.69 Å². The summed E-state index contributed by atoms with van der Waals surface area (Å²) >= 11 is 1.29. The molecule has 0 aliphatic carbocycles. The third kappa shape index (κ3) is 3.17. The topological polar surface area (TPSA) is 92.8 Å². The number of thiophene rings is 1. The number of hydrogen-bond acceptors (Lipinski definition) is 6. The highest BCUT2D eigenvalue weighted by molar-refractivity contribution is 7.12. The van der Waals surface area contributed by atoms with E-state index in [1.54, 1.807) is 41.8 Å². The lowest BCUT2D eigenvalue weighted by Crippen LogP contribution is -2.32. The minimum Gasteiger partial charge on any atom is -0.324 e. The van der Waals surface area contributed by atoms with Crippen molar-refractivity contribution in [1.29, 1.82) is 0 Å². The lowest BCUT2D eigenvalue weighted by atomic mass is 10.1. The summed E-state index contributed by atoms with van der Waals surface area (Å²) in [7, 11) is 0. The van der Waals surface area contributed by atoms with E-state index in [-0.39, 0.29) is 22.6 Å². The number of nitrogens with one attached hydrogen (secondary N) is 1. The summed E-state index contributed by atoms with van der Waals surface area (Å²) < 4.78 is 0. The van der Waals surface area contributed by atoms with E-state index in [4.69, 9.17) is 4.84 Å². The van der Waals surface area contributed by atoms with Crippen LogP contribution in [0.1, 0.15) is 40.7 Å². The first-order valence-electron chi connectivity index (χ1n) is 8.19. The minimum absolute atomic E-state index is 0.0838. The predicted molar refractivity (Wildman–Crippen MR) is 101 cm³/mol. The molecule has 0 saturated carbocycles. The quantitative estimate of drug-likeness (QED) is 0.687. The number of carbonyl (C=O) groups is 4. The molecule has 138 valence electrons. The van der Waals surface area contributed by atoms with Gasteiger partial charge in [-0.3, -0.25) is 14.4 Å². The van der Waals surface area contributed by atoms with Gasteiger partial charge in [0.25, 0.3) is 17.7 Å². The van der Waals surface area contributed by atoms with Crippen LogP contribution in [0.3, 0.4) is 0 Å². The lowest BCUT2D eigenvalue weighted by Gasteiger charge is -2.13. The van der Waals surface area contributed by atoms with Gasteiger partial charge in [0.2, 0.25) is 0 Å². The third-order valence-corrected chi connectivity index (χ3v) is 4.90. The molecule has 1 N–H and O–H groups in total. The molecule has 0 bridgehead atoms. The van der Waals surface area contributed by atoms with Crippen LogP contribution in [-0.2, 0) is 4.84 Å². The molecule has 7 nitrogen and oxygen atoms in total. The number of hydrogen-bond donors (Lipinski definition) is 1. The number of rotatable bonds is 4. The Hall–Kier alpha value is -3.78.